The van der Waals surface area contributed by atoms with Gasteiger partial charge in [0.1, 0.15) is 5.75 Å². The second kappa shape index (κ2) is 6.98. The molecule has 1 aliphatic heterocycles. The van der Waals surface area contributed by atoms with Crippen molar-refractivity contribution in [2.75, 3.05) is 6.61 Å². The molecule has 2 rings (SSSR count). The van der Waals surface area contributed by atoms with Crippen molar-refractivity contribution < 1.29 is 37.4 Å². The third-order valence-corrected chi connectivity index (χ3v) is 9.25. The predicted octanol–water partition coefficient (Wildman–Crippen LogP) is 4.08. The van der Waals surface area contributed by atoms with Crippen LogP contribution in [0.2, 0.25) is 0 Å². The topological polar surface area (TPSA) is 112 Å². The van der Waals surface area contributed by atoms with E-state index in [1.165, 1.54) is 18.2 Å². The molecule has 0 bridgehead atoms. The summed E-state index contributed by atoms with van der Waals surface area (Å²) < 4.78 is 41.3. The molecule has 24 heavy (non-hydrogen) atoms. The second-order valence-corrected chi connectivity index (χ2v) is 11.1. The molecule has 12 heteroatoms. The van der Waals surface area contributed by atoms with Gasteiger partial charge in [0.2, 0.25) is 6.29 Å². The fourth-order valence-electron chi connectivity index (χ4n) is 1.76. The third-order valence-electron chi connectivity index (χ3n) is 2.86. The van der Waals surface area contributed by atoms with Crippen LogP contribution < -0.4 is 4.74 Å². The number of hydrogen-bond acceptors (Lipinski definition) is 6. The van der Waals surface area contributed by atoms with Gasteiger partial charge in [0.25, 0.3) is 5.95 Å². The van der Waals surface area contributed by atoms with Gasteiger partial charge < -0.3 is 19.3 Å². The highest BCUT2D eigenvalue weighted by Gasteiger charge is 2.66. The lowest BCUT2D eigenvalue weighted by molar-refractivity contribution is -0.0258. The van der Waals surface area contributed by atoms with Crippen LogP contribution in [0.5, 0.6) is 5.75 Å². The Morgan fingerprint density at radius 1 is 1.29 bits per heavy atom. The van der Waals surface area contributed by atoms with Gasteiger partial charge in [-0.05, 0) is 19.6 Å². The molecular formula is C12H14Cl2O8P2. The molecule has 0 aromatic heterocycles. The predicted molar refractivity (Wildman–Crippen MR) is 86.8 cm³/mol. The van der Waals surface area contributed by atoms with Crippen molar-refractivity contribution in [2.24, 2.45) is 0 Å². The molecule has 0 aliphatic carbocycles. The molecule has 2 N–H and O–H groups in total. The Kier molecular flexibility index (Phi) is 5.75. The molecule has 1 aromatic carbocycles. The quantitative estimate of drug-likeness (QED) is 0.417. The molecule has 0 amide bonds. The number of alkyl halides is 2. The first-order valence-electron chi connectivity index (χ1n) is 6.50. The number of halogens is 2. The van der Waals surface area contributed by atoms with E-state index >= 15 is 0 Å². The molecule has 1 heterocycles. The Morgan fingerprint density at radius 3 is 2.38 bits per heavy atom. The summed E-state index contributed by atoms with van der Waals surface area (Å²) in [7, 11) is -9.83. The summed E-state index contributed by atoms with van der Waals surface area (Å²) in [5.41, 5.74) is 0.0470. The van der Waals surface area contributed by atoms with Crippen LogP contribution in [-0.2, 0) is 22.9 Å². The number of hydrogen-bond donors (Lipinski definition) is 2. The Bertz CT molecular complexity index is 710. The molecule has 1 fully saturated rings. The van der Waals surface area contributed by atoms with Crippen molar-refractivity contribution in [3.63, 3.8) is 0 Å². The van der Waals surface area contributed by atoms with Crippen molar-refractivity contribution in [3.05, 3.63) is 42.4 Å². The van der Waals surface area contributed by atoms with E-state index in [1.807, 2.05) is 0 Å². The van der Waals surface area contributed by atoms with Gasteiger partial charge in [0.05, 0.1) is 12.2 Å². The fourth-order valence-corrected chi connectivity index (χ4v) is 4.95. The van der Waals surface area contributed by atoms with E-state index in [0.717, 1.165) is 0 Å². The van der Waals surface area contributed by atoms with E-state index in [0.29, 0.717) is 6.61 Å². The SMILES string of the molecule is C=C(OCC)Oc1ccccc1C1OP(=O)(O)C(Cl)(Cl)P(=O)(O)O1. The van der Waals surface area contributed by atoms with Gasteiger partial charge in [-0.15, -0.1) is 0 Å². The Morgan fingerprint density at radius 2 is 1.83 bits per heavy atom. The fraction of sp³-hybridized carbons (Fsp3) is 0.333. The van der Waals surface area contributed by atoms with E-state index in [9.17, 15) is 18.9 Å². The minimum atomic E-state index is -4.92. The van der Waals surface area contributed by atoms with Crippen LogP contribution in [-0.4, -0.2) is 20.2 Å². The van der Waals surface area contributed by atoms with Gasteiger partial charge in [-0.2, -0.15) is 0 Å². The van der Waals surface area contributed by atoms with Gasteiger partial charge in [-0.3, -0.25) is 18.2 Å². The van der Waals surface area contributed by atoms with Crippen molar-refractivity contribution in [1.82, 2.24) is 0 Å². The Labute approximate surface area is 148 Å². The number of rotatable bonds is 5. The van der Waals surface area contributed by atoms with Gasteiger partial charge in [-0.1, -0.05) is 41.4 Å². The van der Waals surface area contributed by atoms with E-state index in [-0.39, 0.29) is 17.3 Å². The lowest BCUT2D eigenvalue weighted by Crippen LogP contribution is -2.26. The minimum Gasteiger partial charge on any atom is -0.466 e. The zero-order chi connectivity index (χ0) is 18.2. The number of benzene rings is 1. The maximum atomic E-state index is 12.1. The van der Waals surface area contributed by atoms with Gasteiger partial charge in [-0.25, -0.2) is 0 Å². The molecule has 2 atom stereocenters. The molecule has 1 saturated heterocycles. The highest BCUT2D eigenvalue weighted by molar-refractivity contribution is 7.79. The highest BCUT2D eigenvalue weighted by Crippen LogP contribution is 2.83. The molecule has 8 nitrogen and oxygen atoms in total. The van der Waals surface area contributed by atoms with Crippen LogP contribution in [0, 0.1) is 0 Å². The summed E-state index contributed by atoms with van der Waals surface area (Å²) >= 11 is 11.0. The third kappa shape index (κ3) is 3.66. The summed E-state index contributed by atoms with van der Waals surface area (Å²) in [5, 5.41) is 0. The average molecular weight is 419 g/mol. The van der Waals surface area contributed by atoms with E-state index in [2.05, 4.69) is 6.58 Å². The van der Waals surface area contributed by atoms with Crippen LogP contribution in [0.15, 0.2) is 36.8 Å². The largest absolute Gasteiger partial charge is 0.466 e. The summed E-state index contributed by atoms with van der Waals surface area (Å²) in [5.74, 6) is 0.0294. The first kappa shape index (κ1) is 19.8. The molecule has 0 saturated carbocycles. The molecule has 134 valence electrons. The first-order chi connectivity index (χ1) is 11.0. The van der Waals surface area contributed by atoms with Crippen LogP contribution in [0.3, 0.4) is 0 Å². The van der Waals surface area contributed by atoms with Crippen molar-refractivity contribution in [3.8, 4) is 5.75 Å². The zero-order valence-corrected chi connectivity index (χ0v) is 15.6. The van der Waals surface area contributed by atoms with Crippen LogP contribution >= 0.6 is 38.4 Å². The van der Waals surface area contributed by atoms with Crippen LogP contribution in [0.1, 0.15) is 18.8 Å². The number of ether oxygens (including phenoxy) is 2. The van der Waals surface area contributed by atoms with Crippen molar-refractivity contribution >= 4 is 38.4 Å². The monoisotopic (exact) mass is 418 g/mol. The van der Waals surface area contributed by atoms with Gasteiger partial charge >= 0.3 is 19.0 Å². The van der Waals surface area contributed by atoms with Crippen molar-refractivity contribution in [1.29, 1.82) is 0 Å². The van der Waals surface area contributed by atoms with Crippen LogP contribution in [0.4, 0.5) is 0 Å². The highest BCUT2D eigenvalue weighted by atomic mass is 35.5. The van der Waals surface area contributed by atoms with Crippen LogP contribution in [0.25, 0.3) is 0 Å². The molecule has 1 aromatic rings. The lowest BCUT2D eigenvalue weighted by atomic mass is 10.2. The minimum absolute atomic E-state index is 0.0470. The maximum Gasteiger partial charge on any atom is 0.379 e. The summed E-state index contributed by atoms with van der Waals surface area (Å²) in [6.45, 7) is 5.55. The zero-order valence-electron chi connectivity index (χ0n) is 12.3. The van der Waals surface area contributed by atoms with Gasteiger partial charge in [0, 0.05) is 0 Å². The Hall–Kier alpha value is -0.560. The molecular weight excluding hydrogens is 405 g/mol. The second-order valence-electron chi connectivity index (χ2n) is 4.54. The molecule has 2 unspecified atom stereocenters. The lowest BCUT2D eigenvalue weighted by Gasteiger charge is -2.37. The number of para-hydroxylation sites is 1. The average Bonchev–Trinajstić information content (AvgIpc) is 2.45. The normalized spacial score (nSPS) is 32.1. The smallest absolute Gasteiger partial charge is 0.379 e. The first-order valence-corrected chi connectivity index (χ1v) is 10.4. The standard InChI is InChI=1S/C12H14Cl2O8P2/c1-3-19-8(2)20-10-7-5-4-6-9(10)11-21-23(15,16)12(13,14)24(17,18)22-11/h4-7,11H,2-3H2,1H3,(H,15,16)(H,17,18). The Balaban J connectivity index is 2.38. The molecule has 1 aliphatic rings. The maximum absolute atomic E-state index is 12.1. The summed E-state index contributed by atoms with van der Waals surface area (Å²) in [4.78, 5) is 19.6. The van der Waals surface area contributed by atoms with E-state index < -0.39 is 25.3 Å². The molecule has 0 spiro atoms. The van der Waals surface area contributed by atoms with E-state index in [1.54, 1.807) is 13.0 Å². The van der Waals surface area contributed by atoms with Crippen molar-refractivity contribution in [2.45, 2.75) is 17.0 Å². The van der Waals surface area contributed by atoms with Gasteiger partial charge in [0.15, 0.2) is 0 Å². The summed E-state index contributed by atoms with van der Waals surface area (Å²) in [6, 6.07) is 5.98. The summed E-state index contributed by atoms with van der Waals surface area (Å²) in [6.07, 6.45) is -1.71. The van der Waals surface area contributed by atoms with E-state index in [4.69, 9.17) is 41.7 Å². The molecule has 0 radical (unpaired) electrons.